The molecule has 1 aliphatic rings. The van der Waals surface area contributed by atoms with Gasteiger partial charge in [0.25, 0.3) is 0 Å². The van der Waals surface area contributed by atoms with Crippen LogP contribution in [-0.2, 0) is 20.0 Å². The van der Waals surface area contributed by atoms with E-state index in [9.17, 15) is 8.42 Å². The molecule has 0 saturated carbocycles. The second-order valence-electron chi connectivity index (χ2n) is 6.68. The maximum Gasteiger partial charge on any atom is 0.177 e. The number of pyridine rings is 1. The van der Waals surface area contributed by atoms with Gasteiger partial charge in [0.05, 0.1) is 35.7 Å². The number of aromatic nitrogens is 1. The zero-order chi connectivity index (χ0) is 15.8. The van der Waals surface area contributed by atoms with Crippen molar-refractivity contribution in [3.63, 3.8) is 0 Å². The van der Waals surface area contributed by atoms with Gasteiger partial charge >= 0.3 is 0 Å². The average molecular weight is 312 g/mol. The molecule has 1 aliphatic heterocycles. The van der Waals surface area contributed by atoms with Crippen LogP contribution in [0.25, 0.3) is 0 Å². The molecule has 0 spiro atoms. The molecule has 118 valence electrons. The normalized spacial score (nSPS) is 20.6. The first-order valence-electron chi connectivity index (χ1n) is 7.15. The fraction of sp³-hybridized carbons (Fsp3) is 0.667. The Kier molecular flexibility index (Phi) is 4.31. The number of hydrogen-bond acceptors (Lipinski definition) is 5. The first-order chi connectivity index (χ1) is 9.60. The van der Waals surface area contributed by atoms with E-state index in [0.29, 0.717) is 23.8 Å². The predicted octanol–water partition coefficient (Wildman–Crippen LogP) is 2.01. The van der Waals surface area contributed by atoms with Gasteiger partial charge in [0.2, 0.25) is 0 Å². The van der Waals surface area contributed by atoms with Crippen molar-refractivity contribution in [2.75, 3.05) is 30.9 Å². The van der Waals surface area contributed by atoms with Gasteiger partial charge in [-0.1, -0.05) is 20.8 Å². The van der Waals surface area contributed by atoms with Crippen LogP contribution in [0, 0.1) is 0 Å². The predicted molar refractivity (Wildman–Crippen MR) is 83.7 cm³/mol. The summed E-state index contributed by atoms with van der Waals surface area (Å²) < 4.78 is 29.7. The number of sulfone groups is 1. The summed E-state index contributed by atoms with van der Waals surface area (Å²) in [5.74, 6) is 0. The van der Waals surface area contributed by atoms with E-state index in [4.69, 9.17) is 4.74 Å². The van der Waals surface area contributed by atoms with E-state index in [1.165, 1.54) is 6.26 Å². The SMILES string of the molecule is CC1COCCN1c1cnc(C(C)(C)C)c(S(C)(=O)=O)c1. The van der Waals surface area contributed by atoms with E-state index in [1.54, 1.807) is 12.3 Å². The first kappa shape index (κ1) is 16.2. The molecule has 1 unspecified atom stereocenters. The highest BCUT2D eigenvalue weighted by atomic mass is 32.2. The highest BCUT2D eigenvalue weighted by Gasteiger charge is 2.27. The summed E-state index contributed by atoms with van der Waals surface area (Å²) in [6.45, 7) is 10.0. The van der Waals surface area contributed by atoms with Crippen molar-refractivity contribution in [3.05, 3.63) is 18.0 Å². The molecule has 1 atom stereocenters. The maximum absolute atomic E-state index is 12.1. The van der Waals surface area contributed by atoms with Crippen LogP contribution >= 0.6 is 0 Å². The number of hydrogen-bond donors (Lipinski definition) is 0. The van der Waals surface area contributed by atoms with Crippen LogP contribution in [-0.4, -0.2) is 45.5 Å². The van der Waals surface area contributed by atoms with E-state index in [1.807, 2.05) is 20.8 Å². The molecule has 1 saturated heterocycles. The van der Waals surface area contributed by atoms with Crippen LogP contribution in [0.1, 0.15) is 33.4 Å². The van der Waals surface area contributed by atoms with Gasteiger partial charge in [-0.15, -0.1) is 0 Å². The zero-order valence-electron chi connectivity index (χ0n) is 13.4. The second kappa shape index (κ2) is 5.57. The second-order valence-corrected chi connectivity index (χ2v) is 8.66. The Labute approximate surface area is 127 Å². The van der Waals surface area contributed by atoms with Gasteiger partial charge in [-0.05, 0) is 13.0 Å². The quantitative estimate of drug-likeness (QED) is 0.836. The smallest absolute Gasteiger partial charge is 0.177 e. The monoisotopic (exact) mass is 312 g/mol. The van der Waals surface area contributed by atoms with Crippen molar-refractivity contribution >= 4 is 15.5 Å². The Bertz CT molecular complexity index is 620. The van der Waals surface area contributed by atoms with E-state index >= 15 is 0 Å². The largest absolute Gasteiger partial charge is 0.377 e. The third-order valence-electron chi connectivity index (χ3n) is 3.65. The van der Waals surface area contributed by atoms with Gasteiger partial charge in [-0.3, -0.25) is 4.98 Å². The fourth-order valence-corrected chi connectivity index (χ4v) is 3.59. The minimum absolute atomic E-state index is 0.216. The van der Waals surface area contributed by atoms with Crippen LogP contribution in [0.5, 0.6) is 0 Å². The summed E-state index contributed by atoms with van der Waals surface area (Å²) in [6, 6.07) is 1.97. The van der Waals surface area contributed by atoms with Crippen molar-refractivity contribution in [3.8, 4) is 0 Å². The van der Waals surface area contributed by atoms with Gasteiger partial charge in [-0.2, -0.15) is 0 Å². The molecule has 21 heavy (non-hydrogen) atoms. The van der Waals surface area contributed by atoms with Gasteiger partial charge in [-0.25, -0.2) is 8.42 Å². The van der Waals surface area contributed by atoms with Crippen molar-refractivity contribution in [2.45, 2.75) is 44.0 Å². The average Bonchev–Trinajstić information content (AvgIpc) is 2.36. The van der Waals surface area contributed by atoms with E-state index in [0.717, 1.165) is 12.2 Å². The van der Waals surface area contributed by atoms with Gasteiger partial charge in [0.1, 0.15) is 0 Å². The van der Waals surface area contributed by atoms with Crippen LogP contribution < -0.4 is 4.90 Å². The Morgan fingerprint density at radius 3 is 2.57 bits per heavy atom. The Morgan fingerprint density at radius 2 is 2.05 bits per heavy atom. The van der Waals surface area contributed by atoms with Crippen molar-refractivity contribution in [1.29, 1.82) is 0 Å². The zero-order valence-corrected chi connectivity index (χ0v) is 14.2. The molecule has 2 rings (SSSR count). The maximum atomic E-state index is 12.1. The molecule has 6 heteroatoms. The fourth-order valence-electron chi connectivity index (χ4n) is 2.55. The van der Waals surface area contributed by atoms with Crippen LogP contribution in [0.4, 0.5) is 5.69 Å². The molecule has 2 heterocycles. The molecular formula is C15H24N2O3S. The summed E-state index contributed by atoms with van der Waals surface area (Å²) in [5.41, 5.74) is 1.15. The first-order valence-corrected chi connectivity index (χ1v) is 9.05. The lowest BCUT2D eigenvalue weighted by Crippen LogP contribution is -2.43. The molecule has 1 aromatic rings. The van der Waals surface area contributed by atoms with Crippen LogP contribution in [0.15, 0.2) is 17.2 Å². The minimum atomic E-state index is -3.32. The van der Waals surface area contributed by atoms with Crippen LogP contribution in [0.2, 0.25) is 0 Å². The Morgan fingerprint density at radius 1 is 1.38 bits per heavy atom. The lowest BCUT2D eigenvalue weighted by atomic mass is 9.91. The standard InChI is InChI=1S/C15H24N2O3S/c1-11-10-20-7-6-17(11)12-8-13(21(5,18)19)14(16-9-12)15(2,3)4/h8-9,11H,6-7,10H2,1-5H3. The number of nitrogens with zero attached hydrogens (tertiary/aromatic N) is 2. The number of ether oxygens (including phenoxy) is 1. The molecule has 1 aromatic heterocycles. The summed E-state index contributed by atoms with van der Waals surface area (Å²) in [5, 5.41) is 0. The molecule has 0 aliphatic carbocycles. The highest BCUT2D eigenvalue weighted by molar-refractivity contribution is 7.90. The molecule has 0 aromatic carbocycles. The van der Waals surface area contributed by atoms with Crippen molar-refractivity contribution in [2.24, 2.45) is 0 Å². The topological polar surface area (TPSA) is 59.5 Å². The summed E-state index contributed by atoms with van der Waals surface area (Å²) in [4.78, 5) is 6.94. The summed E-state index contributed by atoms with van der Waals surface area (Å²) in [6.07, 6.45) is 3.02. The molecule has 0 N–H and O–H groups in total. The Hall–Kier alpha value is -1.14. The molecule has 5 nitrogen and oxygen atoms in total. The molecule has 0 amide bonds. The number of rotatable bonds is 2. The van der Waals surface area contributed by atoms with Crippen LogP contribution in [0.3, 0.4) is 0 Å². The molecule has 1 fully saturated rings. The van der Waals surface area contributed by atoms with Gasteiger partial charge < -0.3 is 9.64 Å². The van der Waals surface area contributed by atoms with E-state index < -0.39 is 9.84 Å². The summed E-state index contributed by atoms with van der Waals surface area (Å²) >= 11 is 0. The highest BCUT2D eigenvalue weighted by Crippen LogP contribution is 2.31. The van der Waals surface area contributed by atoms with Gasteiger partial charge in [0, 0.05) is 24.3 Å². The molecular weight excluding hydrogens is 288 g/mol. The molecule has 0 radical (unpaired) electrons. The third kappa shape index (κ3) is 3.55. The van der Waals surface area contributed by atoms with Crippen molar-refractivity contribution in [1.82, 2.24) is 4.98 Å². The molecule has 0 bridgehead atoms. The number of anilines is 1. The summed E-state index contributed by atoms with van der Waals surface area (Å²) in [7, 11) is -3.32. The third-order valence-corrected chi connectivity index (χ3v) is 4.76. The Balaban J connectivity index is 2.52. The van der Waals surface area contributed by atoms with E-state index in [-0.39, 0.29) is 11.5 Å². The van der Waals surface area contributed by atoms with Crippen molar-refractivity contribution < 1.29 is 13.2 Å². The lowest BCUT2D eigenvalue weighted by Gasteiger charge is -2.35. The number of morpholine rings is 1. The minimum Gasteiger partial charge on any atom is -0.377 e. The van der Waals surface area contributed by atoms with Gasteiger partial charge in [0.15, 0.2) is 9.84 Å². The lowest BCUT2D eigenvalue weighted by molar-refractivity contribution is 0.0989. The van der Waals surface area contributed by atoms with E-state index in [2.05, 4.69) is 16.8 Å².